The van der Waals surface area contributed by atoms with Crippen molar-refractivity contribution in [2.45, 2.75) is 33.7 Å². The molecule has 0 aliphatic rings. The van der Waals surface area contributed by atoms with Gasteiger partial charge < -0.3 is 14.6 Å². The lowest BCUT2D eigenvalue weighted by atomic mass is 10.2. The number of ether oxygens (including phenoxy) is 1. The number of fused-ring (bicyclic) bond motifs is 2. The molecular weight excluding hydrogens is 344 g/mol. The molecule has 0 atom stereocenters. The molecule has 1 N–H and O–H groups in total. The van der Waals surface area contributed by atoms with Crippen LogP contribution in [0.15, 0.2) is 29.2 Å². The molecule has 0 fully saturated rings. The summed E-state index contributed by atoms with van der Waals surface area (Å²) in [6, 6.07) is 5.40. The number of carbonyl (C=O) groups excluding carboxylic acids is 1. The summed E-state index contributed by atoms with van der Waals surface area (Å²) in [5.74, 6) is 0.151. The molecule has 3 heterocycles. The Kier molecular flexibility index (Phi) is 5.60. The van der Waals surface area contributed by atoms with Crippen LogP contribution >= 0.6 is 0 Å². The molecule has 7 heteroatoms. The number of aryl methyl sites for hydroxylation is 2. The quantitative estimate of drug-likeness (QED) is 0.648. The highest BCUT2D eigenvalue weighted by molar-refractivity contribution is 5.98. The molecule has 7 nitrogen and oxygen atoms in total. The fraction of sp³-hybridized carbons (Fsp3) is 0.450. The zero-order valence-corrected chi connectivity index (χ0v) is 16.3. The van der Waals surface area contributed by atoms with Crippen molar-refractivity contribution >= 4 is 22.6 Å². The molecule has 0 saturated heterocycles. The van der Waals surface area contributed by atoms with Crippen LogP contribution in [0.1, 0.15) is 36.3 Å². The van der Waals surface area contributed by atoms with E-state index in [1.165, 1.54) is 4.40 Å². The van der Waals surface area contributed by atoms with Gasteiger partial charge in [-0.15, -0.1) is 0 Å². The Morgan fingerprint density at radius 3 is 2.81 bits per heavy atom. The first-order valence-corrected chi connectivity index (χ1v) is 9.22. The van der Waals surface area contributed by atoms with Crippen molar-refractivity contribution in [3.8, 4) is 0 Å². The van der Waals surface area contributed by atoms with Gasteiger partial charge in [-0.1, -0.05) is 19.9 Å². The number of carbonyl (C=O) groups is 1. The molecule has 0 bridgehead atoms. The highest BCUT2D eigenvalue weighted by Gasteiger charge is 2.20. The number of hydrogen-bond acceptors (Lipinski definition) is 4. The van der Waals surface area contributed by atoms with Gasteiger partial charge in [0.05, 0.1) is 5.39 Å². The van der Waals surface area contributed by atoms with Crippen LogP contribution in [0, 0.1) is 12.8 Å². The van der Waals surface area contributed by atoms with Gasteiger partial charge in [-0.05, 0) is 37.0 Å². The van der Waals surface area contributed by atoms with Crippen molar-refractivity contribution in [2.24, 2.45) is 5.92 Å². The van der Waals surface area contributed by atoms with Crippen molar-refractivity contribution in [3.63, 3.8) is 0 Å². The van der Waals surface area contributed by atoms with Gasteiger partial charge in [0.15, 0.2) is 0 Å². The summed E-state index contributed by atoms with van der Waals surface area (Å²) in [6.45, 7) is 7.69. The van der Waals surface area contributed by atoms with Crippen LogP contribution in [0.25, 0.3) is 16.7 Å². The van der Waals surface area contributed by atoms with Crippen LogP contribution in [0.4, 0.5) is 0 Å². The summed E-state index contributed by atoms with van der Waals surface area (Å²) < 4.78 is 8.51. The van der Waals surface area contributed by atoms with Crippen LogP contribution in [-0.4, -0.2) is 40.1 Å². The van der Waals surface area contributed by atoms with E-state index >= 15 is 0 Å². The molecule has 144 valence electrons. The number of rotatable bonds is 7. The molecule has 0 aliphatic carbocycles. The van der Waals surface area contributed by atoms with E-state index in [-0.39, 0.29) is 11.5 Å². The molecule has 0 aliphatic heterocycles. The Hall–Kier alpha value is -2.67. The summed E-state index contributed by atoms with van der Waals surface area (Å²) in [7, 11) is 1.64. The zero-order chi connectivity index (χ0) is 19.6. The van der Waals surface area contributed by atoms with Crippen molar-refractivity contribution in [1.82, 2.24) is 19.3 Å². The Morgan fingerprint density at radius 1 is 1.33 bits per heavy atom. The maximum Gasteiger partial charge on any atom is 0.268 e. The lowest BCUT2D eigenvalue weighted by Crippen LogP contribution is -2.29. The summed E-state index contributed by atoms with van der Waals surface area (Å²) in [4.78, 5) is 30.4. The first-order chi connectivity index (χ1) is 12.9. The largest absolute Gasteiger partial charge is 0.385 e. The summed E-state index contributed by atoms with van der Waals surface area (Å²) >= 11 is 0. The third-order valence-electron chi connectivity index (χ3n) is 4.53. The molecule has 3 aromatic heterocycles. The third kappa shape index (κ3) is 3.73. The van der Waals surface area contributed by atoms with Gasteiger partial charge in [0.2, 0.25) is 0 Å². The second-order valence-corrected chi connectivity index (χ2v) is 7.17. The molecule has 0 radical (unpaired) electrons. The van der Waals surface area contributed by atoms with Gasteiger partial charge >= 0.3 is 0 Å². The number of aromatic nitrogens is 3. The van der Waals surface area contributed by atoms with Crippen molar-refractivity contribution in [2.75, 3.05) is 20.3 Å². The van der Waals surface area contributed by atoms with Crippen LogP contribution < -0.4 is 10.9 Å². The lowest BCUT2D eigenvalue weighted by molar-refractivity contribution is 0.0939. The minimum Gasteiger partial charge on any atom is -0.385 e. The normalized spacial score (nSPS) is 11.6. The second-order valence-electron chi connectivity index (χ2n) is 7.17. The summed E-state index contributed by atoms with van der Waals surface area (Å²) in [5, 5.41) is 3.38. The SMILES string of the molecule is COCCCn1c(C(=O)NCC(C)C)cc2c(=O)n3cccc(C)c3nc21. The fourth-order valence-corrected chi connectivity index (χ4v) is 3.13. The Morgan fingerprint density at radius 2 is 2.11 bits per heavy atom. The third-order valence-corrected chi connectivity index (χ3v) is 4.53. The van der Waals surface area contributed by atoms with Crippen LogP contribution in [-0.2, 0) is 11.3 Å². The maximum absolute atomic E-state index is 13.0. The number of hydrogen-bond donors (Lipinski definition) is 1. The summed E-state index contributed by atoms with van der Waals surface area (Å²) in [5.41, 5.74) is 2.35. The van der Waals surface area contributed by atoms with E-state index in [0.29, 0.717) is 48.0 Å². The number of methoxy groups -OCH3 is 1. The van der Waals surface area contributed by atoms with Crippen LogP contribution in [0.2, 0.25) is 0 Å². The van der Waals surface area contributed by atoms with E-state index in [2.05, 4.69) is 5.32 Å². The van der Waals surface area contributed by atoms with E-state index in [1.807, 2.05) is 37.5 Å². The molecule has 0 spiro atoms. The number of nitrogens with one attached hydrogen (secondary N) is 1. The highest BCUT2D eigenvalue weighted by Crippen LogP contribution is 2.18. The highest BCUT2D eigenvalue weighted by atomic mass is 16.5. The predicted molar refractivity (Wildman–Crippen MR) is 105 cm³/mol. The molecule has 0 saturated carbocycles. The average Bonchev–Trinajstić information content (AvgIpc) is 3.00. The first kappa shape index (κ1) is 19.1. The van der Waals surface area contributed by atoms with Gasteiger partial charge in [-0.2, -0.15) is 0 Å². The number of pyridine rings is 1. The smallest absolute Gasteiger partial charge is 0.268 e. The van der Waals surface area contributed by atoms with E-state index in [4.69, 9.17) is 9.72 Å². The zero-order valence-electron chi connectivity index (χ0n) is 16.3. The molecule has 27 heavy (non-hydrogen) atoms. The minimum atomic E-state index is -0.190. The van der Waals surface area contributed by atoms with E-state index < -0.39 is 0 Å². The lowest BCUT2D eigenvalue weighted by Gasteiger charge is -2.12. The van der Waals surface area contributed by atoms with Crippen LogP contribution in [0.3, 0.4) is 0 Å². The van der Waals surface area contributed by atoms with Crippen molar-refractivity contribution in [1.29, 1.82) is 0 Å². The molecule has 0 unspecified atom stereocenters. The Balaban J connectivity index is 2.18. The van der Waals surface area contributed by atoms with E-state index in [0.717, 1.165) is 12.0 Å². The molecule has 0 aromatic carbocycles. The Labute approximate surface area is 158 Å². The van der Waals surface area contributed by atoms with Crippen LogP contribution in [0.5, 0.6) is 0 Å². The predicted octanol–water partition coefficient (Wildman–Crippen LogP) is 2.38. The van der Waals surface area contributed by atoms with Gasteiger partial charge in [0, 0.05) is 33.0 Å². The van der Waals surface area contributed by atoms with Crippen molar-refractivity contribution < 1.29 is 9.53 Å². The molecule has 3 rings (SSSR count). The topological polar surface area (TPSA) is 77.6 Å². The monoisotopic (exact) mass is 370 g/mol. The van der Waals surface area contributed by atoms with Gasteiger partial charge in [-0.25, -0.2) is 4.98 Å². The van der Waals surface area contributed by atoms with Gasteiger partial charge in [0.1, 0.15) is 17.0 Å². The maximum atomic E-state index is 13.0. The second kappa shape index (κ2) is 7.92. The fourth-order valence-electron chi connectivity index (χ4n) is 3.13. The summed E-state index contributed by atoms with van der Waals surface area (Å²) in [6.07, 6.45) is 2.43. The first-order valence-electron chi connectivity index (χ1n) is 9.22. The average molecular weight is 370 g/mol. The van der Waals surface area contributed by atoms with Gasteiger partial charge in [0.25, 0.3) is 11.5 Å². The van der Waals surface area contributed by atoms with E-state index in [9.17, 15) is 9.59 Å². The van der Waals surface area contributed by atoms with Gasteiger partial charge in [-0.3, -0.25) is 14.0 Å². The molecule has 1 amide bonds. The number of nitrogens with zero attached hydrogens (tertiary/aromatic N) is 3. The van der Waals surface area contributed by atoms with Crippen molar-refractivity contribution in [3.05, 3.63) is 46.0 Å². The standard InChI is InChI=1S/C20H26N4O3/c1-13(2)12-21-19(25)16-11-15-18(23(16)9-6-10-27-4)22-17-14(3)7-5-8-24(17)20(15)26/h5,7-8,11,13H,6,9-10,12H2,1-4H3,(H,21,25). The minimum absolute atomic E-state index is 0.165. The Bertz CT molecular complexity index is 1030. The molecule has 3 aromatic rings. The number of amides is 1. The molecular formula is C20H26N4O3. The van der Waals surface area contributed by atoms with E-state index in [1.54, 1.807) is 19.4 Å².